The molecule has 0 saturated heterocycles. The minimum atomic E-state index is 0. The summed E-state index contributed by atoms with van der Waals surface area (Å²) < 4.78 is 1.37. The Morgan fingerprint density at radius 2 is 1.18 bits per heavy atom. The van der Waals surface area contributed by atoms with Crippen molar-refractivity contribution in [2.45, 2.75) is 9.79 Å². The van der Waals surface area contributed by atoms with Gasteiger partial charge in [-0.1, -0.05) is 12.1 Å². The summed E-state index contributed by atoms with van der Waals surface area (Å²) in [6.45, 7) is 0. The Hall–Kier alpha value is -1.04. The van der Waals surface area contributed by atoms with Gasteiger partial charge in [0.2, 0.25) is 0 Å². The molecule has 0 aliphatic rings. The van der Waals surface area contributed by atoms with E-state index in [0.29, 0.717) is 19.3 Å². The van der Waals surface area contributed by atoms with Crippen molar-refractivity contribution in [1.82, 2.24) is 0 Å². The second-order valence-electron chi connectivity index (χ2n) is 2.80. The predicted molar refractivity (Wildman–Crippen MR) is 62.1 cm³/mol. The molecule has 0 fully saturated rings. The number of pyridine rings is 2. The Kier molecular flexibility index (Phi) is 7.62. The molecule has 84 valence electrons. The zero-order valence-electron chi connectivity index (χ0n) is 8.85. The third-order valence-corrected chi connectivity index (χ3v) is 1.98. The Morgan fingerprint density at radius 1 is 0.824 bits per heavy atom. The van der Waals surface area contributed by atoms with Crippen LogP contribution >= 0.6 is 0 Å². The fourth-order valence-electron chi connectivity index (χ4n) is 0.868. The van der Waals surface area contributed by atoms with Gasteiger partial charge in [0.05, 0.1) is 0 Å². The summed E-state index contributed by atoms with van der Waals surface area (Å²) in [5, 5.41) is 20.7. The first-order valence-electron chi connectivity index (χ1n) is 4.29. The van der Waals surface area contributed by atoms with Gasteiger partial charge in [-0.15, -0.1) is 9.79 Å². The van der Waals surface area contributed by atoms with E-state index < -0.39 is 0 Å². The van der Waals surface area contributed by atoms with E-state index >= 15 is 0 Å². The average Bonchev–Trinajstić information content (AvgIpc) is 2.17. The van der Waals surface area contributed by atoms with Gasteiger partial charge in [-0.3, -0.25) is 0 Å². The SMILES string of the molecule is [O-][n+]1cccc([S-])c1.[O-][n+]1cccc([S-])c1.[Zn+2]. The Bertz CT molecular complexity index is 394. The van der Waals surface area contributed by atoms with E-state index in [4.69, 9.17) is 0 Å². The van der Waals surface area contributed by atoms with Crippen LogP contribution in [0.25, 0.3) is 0 Å². The number of nitrogens with zero attached hydrogens (tertiary/aromatic N) is 2. The van der Waals surface area contributed by atoms with Crippen molar-refractivity contribution in [3.05, 3.63) is 59.5 Å². The predicted octanol–water partition coefficient (Wildman–Crippen LogP) is 0.449. The minimum absolute atomic E-state index is 0. The molecule has 0 atom stereocenters. The van der Waals surface area contributed by atoms with Crippen LogP contribution in [0.2, 0.25) is 0 Å². The quantitative estimate of drug-likeness (QED) is 0.306. The molecule has 0 radical (unpaired) electrons. The van der Waals surface area contributed by atoms with Crippen LogP contribution in [0, 0.1) is 10.4 Å². The first kappa shape index (κ1) is 16.0. The van der Waals surface area contributed by atoms with E-state index in [1.54, 1.807) is 24.3 Å². The van der Waals surface area contributed by atoms with Gasteiger partial charge in [-0.2, -0.15) is 9.46 Å². The second-order valence-corrected chi connectivity index (χ2v) is 3.74. The van der Waals surface area contributed by atoms with Crippen molar-refractivity contribution in [2.75, 3.05) is 0 Å². The normalized spacial score (nSPS) is 8.47. The van der Waals surface area contributed by atoms with Gasteiger partial charge in [0.25, 0.3) is 0 Å². The Morgan fingerprint density at radius 3 is 1.35 bits per heavy atom. The van der Waals surface area contributed by atoms with E-state index in [0.717, 1.165) is 0 Å². The Balaban J connectivity index is 0.000000284. The zero-order valence-corrected chi connectivity index (χ0v) is 13.5. The molecule has 0 amide bonds. The molecule has 2 rings (SSSR count). The van der Waals surface area contributed by atoms with Crippen molar-refractivity contribution >= 4 is 25.3 Å². The summed E-state index contributed by atoms with van der Waals surface area (Å²) in [5.41, 5.74) is 0. The molecule has 0 spiro atoms. The topological polar surface area (TPSA) is 53.9 Å². The summed E-state index contributed by atoms with van der Waals surface area (Å²) in [6.07, 6.45) is 5.48. The van der Waals surface area contributed by atoms with E-state index in [-0.39, 0.29) is 19.5 Å². The Labute approximate surface area is 123 Å². The fraction of sp³-hybridized carbons (Fsp3) is 0. The molecule has 0 aliphatic carbocycles. The van der Waals surface area contributed by atoms with Crippen LogP contribution in [0.15, 0.2) is 58.8 Å². The smallest absolute Gasteiger partial charge is 0.774 e. The first-order chi connectivity index (χ1) is 7.58. The van der Waals surface area contributed by atoms with Crippen LogP contribution in [0.4, 0.5) is 0 Å². The molecule has 0 unspecified atom stereocenters. The molecule has 2 aromatic heterocycles. The maximum Gasteiger partial charge on any atom is 2.00 e. The maximum absolute atomic E-state index is 10.3. The van der Waals surface area contributed by atoms with Crippen molar-refractivity contribution in [3.8, 4) is 0 Å². The zero-order chi connectivity index (χ0) is 12.0. The van der Waals surface area contributed by atoms with E-state index in [2.05, 4.69) is 25.3 Å². The molecule has 0 aliphatic heterocycles. The first-order valence-corrected chi connectivity index (χ1v) is 5.11. The molecule has 2 aromatic rings. The largest absolute Gasteiger partial charge is 2.00 e. The van der Waals surface area contributed by atoms with Gasteiger partial charge in [-0.25, -0.2) is 0 Å². The third-order valence-electron chi connectivity index (χ3n) is 1.50. The van der Waals surface area contributed by atoms with Crippen molar-refractivity contribution in [3.63, 3.8) is 0 Å². The van der Waals surface area contributed by atoms with Crippen molar-refractivity contribution in [2.24, 2.45) is 0 Å². The van der Waals surface area contributed by atoms with Gasteiger partial charge in [-0.05, 0) is 0 Å². The molecule has 4 nitrogen and oxygen atoms in total. The second kappa shape index (κ2) is 8.11. The number of hydrogen-bond donors (Lipinski definition) is 0. The summed E-state index contributed by atoms with van der Waals surface area (Å²) >= 11 is 9.36. The van der Waals surface area contributed by atoms with Crippen molar-refractivity contribution < 1.29 is 28.9 Å². The van der Waals surface area contributed by atoms with Crippen LogP contribution in [0.5, 0.6) is 0 Å². The van der Waals surface area contributed by atoms with E-state index in [1.165, 1.54) is 24.8 Å². The van der Waals surface area contributed by atoms with E-state index in [9.17, 15) is 10.4 Å². The van der Waals surface area contributed by atoms with Crippen LogP contribution in [0.3, 0.4) is 0 Å². The number of rotatable bonds is 0. The number of hydrogen-bond acceptors (Lipinski definition) is 4. The van der Waals surface area contributed by atoms with Gasteiger partial charge in [0.15, 0.2) is 24.8 Å². The van der Waals surface area contributed by atoms with Crippen LogP contribution in [0.1, 0.15) is 0 Å². The van der Waals surface area contributed by atoms with Gasteiger partial charge in [0, 0.05) is 12.1 Å². The molecule has 0 saturated carbocycles. The van der Waals surface area contributed by atoms with Gasteiger partial charge < -0.3 is 35.7 Å². The third kappa shape index (κ3) is 6.99. The summed E-state index contributed by atoms with van der Waals surface area (Å²) in [7, 11) is 0. The van der Waals surface area contributed by atoms with Crippen LogP contribution in [-0.2, 0) is 44.7 Å². The molecule has 0 aromatic carbocycles. The number of aromatic nitrogens is 2. The van der Waals surface area contributed by atoms with Crippen LogP contribution < -0.4 is 9.46 Å². The minimum Gasteiger partial charge on any atom is -0.774 e. The molecule has 0 N–H and O–H groups in total. The standard InChI is InChI=1S/2C5H5NOS.Zn/c2*7-6-3-1-2-5(8)4-6;/h2*1-4,8H;/q;;+2/p-2. The molecular formula is C10H8N2O2S2Zn. The van der Waals surface area contributed by atoms with E-state index in [1.807, 2.05) is 0 Å². The fourth-order valence-corrected chi connectivity index (χ4v) is 1.23. The average molecular weight is 318 g/mol. The molecular weight excluding hydrogens is 310 g/mol. The summed E-state index contributed by atoms with van der Waals surface area (Å²) in [5.74, 6) is 0. The monoisotopic (exact) mass is 316 g/mol. The molecule has 2 heterocycles. The maximum atomic E-state index is 10.3. The van der Waals surface area contributed by atoms with Gasteiger partial charge >= 0.3 is 19.5 Å². The van der Waals surface area contributed by atoms with Gasteiger partial charge in [0.1, 0.15) is 0 Å². The van der Waals surface area contributed by atoms with Crippen LogP contribution in [-0.4, -0.2) is 0 Å². The summed E-state index contributed by atoms with van der Waals surface area (Å²) in [6, 6.07) is 6.64. The summed E-state index contributed by atoms with van der Waals surface area (Å²) in [4.78, 5) is 1.14. The molecule has 0 bridgehead atoms. The van der Waals surface area contributed by atoms with Crippen molar-refractivity contribution in [1.29, 1.82) is 0 Å². The molecule has 17 heavy (non-hydrogen) atoms. The molecule has 7 heteroatoms.